The molecule has 0 saturated carbocycles. The van der Waals surface area contributed by atoms with E-state index < -0.39 is 12.5 Å². The Kier molecular flexibility index (Phi) is 6.35. The van der Waals surface area contributed by atoms with Crippen LogP contribution in [0.25, 0.3) is 22.2 Å². The first-order valence-electron chi connectivity index (χ1n) is 9.97. The van der Waals surface area contributed by atoms with Gasteiger partial charge in [-0.25, -0.2) is 4.98 Å². The van der Waals surface area contributed by atoms with Crippen molar-refractivity contribution in [3.63, 3.8) is 0 Å². The summed E-state index contributed by atoms with van der Waals surface area (Å²) in [5, 5.41) is 3.29. The van der Waals surface area contributed by atoms with E-state index in [0.717, 1.165) is 0 Å². The molecule has 0 spiro atoms. The van der Waals surface area contributed by atoms with Crippen LogP contribution in [-0.4, -0.2) is 31.7 Å². The fourth-order valence-electron chi connectivity index (χ4n) is 3.46. The van der Waals surface area contributed by atoms with Crippen molar-refractivity contribution in [2.24, 2.45) is 0 Å². The predicted octanol–water partition coefficient (Wildman–Crippen LogP) is 5.77. The zero-order chi connectivity index (χ0) is 23.4. The molecule has 0 aliphatic heterocycles. The normalized spacial score (nSPS) is 10.8. The molecule has 0 fully saturated rings. The van der Waals surface area contributed by atoms with Gasteiger partial charge in [-0.05, 0) is 42.5 Å². The van der Waals surface area contributed by atoms with Crippen LogP contribution >= 0.6 is 0 Å². The molecule has 0 aliphatic rings. The first-order chi connectivity index (χ1) is 16.0. The summed E-state index contributed by atoms with van der Waals surface area (Å²) in [5.74, 6) is 0.477. The molecule has 0 saturated heterocycles. The number of nitrogens with zero attached hydrogens (tertiary/aromatic N) is 1. The van der Waals surface area contributed by atoms with Gasteiger partial charge in [-0.3, -0.25) is 4.79 Å². The first-order valence-corrected chi connectivity index (χ1v) is 9.97. The smallest absolute Gasteiger partial charge is 0.387 e. The van der Waals surface area contributed by atoms with E-state index in [0.29, 0.717) is 39.2 Å². The number of amides is 1. The number of carbonyl (C=O) groups excluding carboxylic acids is 1. The van der Waals surface area contributed by atoms with Gasteiger partial charge in [-0.2, -0.15) is 8.78 Å². The third kappa shape index (κ3) is 4.69. The SMILES string of the molecule is COc1ccc(-c2cc(C(=O)Nc3ccccc3OC(F)F)c3ccccc3n2)cc1OC. The van der Waals surface area contributed by atoms with Crippen LogP contribution in [0.3, 0.4) is 0 Å². The average molecular weight is 450 g/mol. The number of aromatic nitrogens is 1. The number of rotatable bonds is 7. The van der Waals surface area contributed by atoms with E-state index in [-0.39, 0.29) is 11.4 Å². The number of fused-ring (bicyclic) bond motifs is 1. The van der Waals surface area contributed by atoms with E-state index >= 15 is 0 Å². The number of carbonyl (C=O) groups is 1. The first kappa shape index (κ1) is 22.0. The van der Waals surface area contributed by atoms with Crippen molar-refractivity contribution in [1.29, 1.82) is 0 Å². The monoisotopic (exact) mass is 450 g/mol. The van der Waals surface area contributed by atoms with Crippen LogP contribution in [0.5, 0.6) is 17.2 Å². The van der Waals surface area contributed by atoms with Gasteiger partial charge in [0.05, 0.1) is 36.7 Å². The second kappa shape index (κ2) is 9.52. The van der Waals surface area contributed by atoms with E-state index in [1.165, 1.54) is 19.2 Å². The minimum absolute atomic E-state index is 0.126. The zero-order valence-corrected chi connectivity index (χ0v) is 17.8. The van der Waals surface area contributed by atoms with Crippen LogP contribution in [0.15, 0.2) is 72.8 Å². The number of para-hydroxylation sites is 3. The fourth-order valence-corrected chi connectivity index (χ4v) is 3.46. The lowest BCUT2D eigenvalue weighted by Crippen LogP contribution is -2.15. The molecule has 4 rings (SSSR count). The number of halogens is 2. The van der Waals surface area contributed by atoms with Crippen molar-refractivity contribution >= 4 is 22.5 Å². The van der Waals surface area contributed by atoms with Gasteiger partial charge >= 0.3 is 6.61 Å². The fraction of sp³-hybridized carbons (Fsp3) is 0.120. The number of nitrogens with one attached hydrogen (secondary N) is 1. The summed E-state index contributed by atoms with van der Waals surface area (Å²) in [6, 6.07) is 20.2. The Hall–Kier alpha value is -4.20. The third-order valence-corrected chi connectivity index (χ3v) is 4.99. The molecule has 0 bridgehead atoms. The molecule has 8 heteroatoms. The Morgan fingerprint density at radius 2 is 1.61 bits per heavy atom. The van der Waals surface area contributed by atoms with Gasteiger partial charge in [0.15, 0.2) is 11.5 Å². The molecular formula is C25H20F2N2O4. The Morgan fingerprint density at radius 1 is 0.879 bits per heavy atom. The molecule has 6 nitrogen and oxygen atoms in total. The highest BCUT2D eigenvalue weighted by molar-refractivity contribution is 6.13. The second-order valence-electron chi connectivity index (χ2n) is 6.97. The summed E-state index contributed by atoms with van der Waals surface area (Å²) >= 11 is 0. The molecule has 0 radical (unpaired) electrons. The topological polar surface area (TPSA) is 69.7 Å². The molecule has 0 aliphatic carbocycles. The highest BCUT2D eigenvalue weighted by Gasteiger charge is 2.17. The lowest BCUT2D eigenvalue weighted by molar-refractivity contribution is -0.0493. The van der Waals surface area contributed by atoms with Gasteiger partial charge in [-0.15, -0.1) is 0 Å². The number of hydrogen-bond acceptors (Lipinski definition) is 5. The number of benzene rings is 3. The van der Waals surface area contributed by atoms with E-state index in [1.807, 2.05) is 12.1 Å². The third-order valence-electron chi connectivity index (χ3n) is 4.99. The van der Waals surface area contributed by atoms with Crippen LogP contribution in [0.2, 0.25) is 0 Å². The molecule has 3 aromatic carbocycles. The minimum Gasteiger partial charge on any atom is -0.493 e. The van der Waals surface area contributed by atoms with E-state index in [4.69, 9.17) is 9.47 Å². The van der Waals surface area contributed by atoms with Gasteiger partial charge < -0.3 is 19.5 Å². The maximum absolute atomic E-state index is 13.2. The van der Waals surface area contributed by atoms with Crippen LogP contribution in [0.4, 0.5) is 14.5 Å². The molecule has 1 amide bonds. The van der Waals surface area contributed by atoms with Crippen molar-refractivity contribution in [3.8, 4) is 28.5 Å². The molecule has 1 N–H and O–H groups in total. The van der Waals surface area contributed by atoms with E-state index in [9.17, 15) is 13.6 Å². The highest BCUT2D eigenvalue weighted by Crippen LogP contribution is 2.33. The molecule has 168 valence electrons. The summed E-state index contributed by atoms with van der Waals surface area (Å²) in [5.41, 5.74) is 2.33. The summed E-state index contributed by atoms with van der Waals surface area (Å²) in [4.78, 5) is 17.9. The van der Waals surface area contributed by atoms with Crippen molar-refractivity contribution in [2.45, 2.75) is 6.61 Å². The van der Waals surface area contributed by atoms with Crippen LogP contribution in [0, 0.1) is 0 Å². The van der Waals surface area contributed by atoms with Crippen LogP contribution in [0.1, 0.15) is 10.4 Å². The number of methoxy groups -OCH3 is 2. The van der Waals surface area contributed by atoms with E-state index in [1.54, 1.807) is 55.6 Å². The Balaban J connectivity index is 1.78. The average Bonchev–Trinajstić information content (AvgIpc) is 2.83. The van der Waals surface area contributed by atoms with Gasteiger partial charge in [0.1, 0.15) is 5.75 Å². The predicted molar refractivity (Wildman–Crippen MR) is 121 cm³/mol. The largest absolute Gasteiger partial charge is 0.493 e. The Morgan fingerprint density at radius 3 is 2.36 bits per heavy atom. The second-order valence-corrected chi connectivity index (χ2v) is 6.97. The van der Waals surface area contributed by atoms with Crippen molar-refractivity contribution in [3.05, 3.63) is 78.4 Å². The van der Waals surface area contributed by atoms with Crippen LogP contribution < -0.4 is 19.5 Å². The summed E-state index contributed by atoms with van der Waals surface area (Å²) in [6.07, 6.45) is 0. The quantitative estimate of drug-likeness (QED) is 0.387. The molecule has 1 heterocycles. The molecule has 0 unspecified atom stereocenters. The summed E-state index contributed by atoms with van der Waals surface area (Å²) in [6.45, 7) is -3.01. The Labute approximate surface area is 188 Å². The number of anilines is 1. The maximum Gasteiger partial charge on any atom is 0.387 e. The standard InChI is InChI=1S/C25H20F2N2O4/c1-31-22-12-11-15(13-23(22)32-2)20-14-17(16-7-3-4-8-18(16)28-20)24(30)29-19-9-5-6-10-21(19)33-25(26)27/h3-14,25H,1-2H3,(H,29,30). The number of pyridine rings is 1. The number of alkyl halides is 2. The van der Waals surface area contributed by atoms with E-state index in [2.05, 4.69) is 15.0 Å². The molecule has 33 heavy (non-hydrogen) atoms. The van der Waals surface area contributed by atoms with Gasteiger partial charge in [-0.1, -0.05) is 30.3 Å². The van der Waals surface area contributed by atoms with Crippen molar-refractivity contribution < 1.29 is 27.8 Å². The van der Waals surface area contributed by atoms with Gasteiger partial charge in [0.2, 0.25) is 0 Å². The summed E-state index contributed by atoms with van der Waals surface area (Å²) in [7, 11) is 3.08. The van der Waals surface area contributed by atoms with Crippen molar-refractivity contribution in [1.82, 2.24) is 4.98 Å². The lowest BCUT2D eigenvalue weighted by Gasteiger charge is -2.14. The Bertz CT molecular complexity index is 1310. The van der Waals surface area contributed by atoms with Gasteiger partial charge in [0, 0.05) is 10.9 Å². The summed E-state index contributed by atoms with van der Waals surface area (Å²) < 4.78 is 40.7. The number of hydrogen-bond donors (Lipinski definition) is 1. The minimum atomic E-state index is -3.01. The molecule has 1 aromatic heterocycles. The van der Waals surface area contributed by atoms with Gasteiger partial charge in [0.25, 0.3) is 5.91 Å². The molecular weight excluding hydrogens is 430 g/mol. The highest BCUT2D eigenvalue weighted by atomic mass is 19.3. The lowest BCUT2D eigenvalue weighted by atomic mass is 10.0. The molecule has 4 aromatic rings. The molecule has 0 atom stereocenters. The van der Waals surface area contributed by atoms with Crippen molar-refractivity contribution in [2.75, 3.05) is 19.5 Å². The van der Waals surface area contributed by atoms with Crippen LogP contribution in [-0.2, 0) is 0 Å². The number of ether oxygens (including phenoxy) is 3. The zero-order valence-electron chi connectivity index (χ0n) is 17.8. The maximum atomic E-state index is 13.2.